The van der Waals surface area contributed by atoms with Gasteiger partial charge < -0.3 is 15.9 Å². The number of carboxylic acid groups (broad SMARTS) is 1. The summed E-state index contributed by atoms with van der Waals surface area (Å²) in [7, 11) is 0. The lowest BCUT2D eigenvalue weighted by molar-refractivity contribution is -0.138. The molecule has 2 aromatic rings. The highest BCUT2D eigenvalue weighted by molar-refractivity contribution is 7.13. The fourth-order valence-corrected chi connectivity index (χ4v) is 2.24. The van der Waals surface area contributed by atoms with Gasteiger partial charge in [-0.15, -0.1) is 11.3 Å². The molecular weight excluding hydrogens is 259 g/mol. The molecule has 1 unspecified atom stereocenters. The Bertz CT molecular complexity index is 600. The Labute approximate surface area is 105 Å². The summed E-state index contributed by atoms with van der Waals surface area (Å²) in [5, 5.41) is 19.6. The van der Waals surface area contributed by atoms with Crippen LogP contribution in [0.4, 0.5) is 4.39 Å². The third-order valence-corrected chi connectivity index (χ3v) is 3.18. The molecule has 0 aliphatic heterocycles. The molecule has 94 valence electrons. The molecule has 7 heteroatoms. The molecule has 0 radical (unpaired) electrons. The lowest BCUT2D eigenvalue weighted by Gasteiger charge is -2.01. The summed E-state index contributed by atoms with van der Waals surface area (Å²) in [5.74, 6) is -2.01. The van der Waals surface area contributed by atoms with Crippen molar-refractivity contribution in [3.8, 4) is 16.3 Å². The molecule has 0 saturated carbocycles. The number of nitrogens with zero attached hydrogens (tertiary/aromatic N) is 1. The number of thiazole rings is 1. The maximum Gasteiger partial charge on any atom is 0.326 e. The minimum atomic E-state index is -1.23. The van der Waals surface area contributed by atoms with Crippen molar-refractivity contribution >= 4 is 17.3 Å². The number of carbonyl (C=O) groups is 1. The molecule has 0 aliphatic rings. The normalized spacial score (nSPS) is 12.3. The number of phenols is 1. The predicted molar refractivity (Wildman–Crippen MR) is 63.7 cm³/mol. The van der Waals surface area contributed by atoms with Crippen molar-refractivity contribution in [2.24, 2.45) is 5.73 Å². The number of nitrogens with two attached hydrogens (primary N) is 1. The summed E-state index contributed by atoms with van der Waals surface area (Å²) in [6.07, 6.45) is 0. The Balaban J connectivity index is 2.38. The van der Waals surface area contributed by atoms with Crippen LogP contribution in [-0.4, -0.2) is 21.2 Å². The lowest BCUT2D eigenvalue weighted by Crippen LogP contribution is -2.20. The first-order valence-electron chi connectivity index (χ1n) is 4.91. The van der Waals surface area contributed by atoms with E-state index in [1.54, 1.807) is 0 Å². The second-order valence-corrected chi connectivity index (χ2v) is 4.42. The number of rotatable bonds is 3. The van der Waals surface area contributed by atoms with Crippen LogP contribution in [-0.2, 0) is 4.79 Å². The van der Waals surface area contributed by atoms with Crippen LogP contribution in [0.25, 0.3) is 10.6 Å². The molecule has 1 aromatic heterocycles. The Kier molecular flexibility index (Phi) is 3.26. The van der Waals surface area contributed by atoms with E-state index in [9.17, 15) is 9.18 Å². The van der Waals surface area contributed by atoms with E-state index in [0.717, 1.165) is 17.4 Å². The van der Waals surface area contributed by atoms with Gasteiger partial charge in [-0.3, -0.25) is 4.79 Å². The van der Waals surface area contributed by atoms with Crippen molar-refractivity contribution < 1.29 is 19.4 Å². The van der Waals surface area contributed by atoms with Crippen molar-refractivity contribution in [1.29, 1.82) is 0 Å². The average Bonchev–Trinajstić information content (AvgIpc) is 2.77. The average molecular weight is 268 g/mol. The van der Waals surface area contributed by atoms with Crippen LogP contribution in [0.1, 0.15) is 11.7 Å². The first-order chi connectivity index (χ1) is 8.49. The van der Waals surface area contributed by atoms with E-state index < -0.39 is 17.8 Å². The Morgan fingerprint density at radius 3 is 2.83 bits per heavy atom. The number of aliphatic carboxylic acids is 1. The van der Waals surface area contributed by atoms with Crippen molar-refractivity contribution in [3.63, 3.8) is 0 Å². The quantitative estimate of drug-likeness (QED) is 0.787. The zero-order valence-electron chi connectivity index (χ0n) is 9.00. The number of carboxylic acids is 1. The molecule has 0 bridgehead atoms. The van der Waals surface area contributed by atoms with Gasteiger partial charge in [0.25, 0.3) is 0 Å². The number of phenolic OH excluding ortho intramolecular Hbond substituents is 1. The fourth-order valence-electron chi connectivity index (χ4n) is 1.36. The second kappa shape index (κ2) is 4.71. The van der Waals surface area contributed by atoms with E-state index in [1.165, 1.54) is 17.5 Å². The maximum absolute atomic E-state index is 13.6. The SMILES string of the molecule is NC(C(=O)O)c1csc(-c2ccc(O)cc2F)n1. The van der Waals surface area contributed by atoms with Crippen LogP contribution in [0, 0.1) is 5.82 Å². The van der Waals surface area contributed by atoms with Gasteiger partial charge in [-0.1, -0.05) is 0 Å². The number of halogens is 1. The van der Waals surface area contributed by atoms with E-state index in [4.69, 9.17) is 15.9 Å². The van der Waals surface area contributed by atoms with Crippen molar-refractivity contribution in [2.75, 3.05) is 0 Å². The molecule has 1 aromatic carbocycles. The van der Waals surface area contributed by atoms with E-state index in [-0.39, 0.29) is 17.0 Å². The van der Waals surface area contributed by atoms with E-state index >= 15 is 0 Å². The molecule has 0 spiro atoms. The first kappa shape index (κ1) is 12.5. The van der Waals surface area contributed by atoms with E-state index in [0.29, 0.717) is 5.01 Å². The van der Waals surface area contributed by atoms with Crippen LogP contribution in [0.2, 0.25) is 0 Å². The molecule has 2 rings (SSSR count). The highest BCUT2D eigenvalue weighted by atomic mass is 32.1. The second-order valence-electron chi connectivity index (χ2n) is 3.56. The molecule has 1 heterocycles. The van der Waals surface area contributed by atoms with Gasteiger partial charge in [0.1, 0.15) is 22.6 Å². The first-order valence-corrected chi connectivity index (χ1v) is 5.79. The summed E-state index contributed by atoms with van der Waals surface area (Å²) < 4.78 is 13.6. The van der Waals surface area contributed by atoms with Crippen LogP contribution >= 0.6 is 11.3 Å². The monoisotopic (exact) mass is 268 g/mol. The standard InChI is InChI=1S/C11H9FN2O3S/c12-7-3-5(15)1-2-6(7)10-14-8(4-18-10)9(13)11(16)17/h1-4,9,15H,13H2,(H,16,17). The van der Waals surface area contributed by atoms with Gasteiger partial charge in [-0.05, 0) is 12.1 Å². The zero-order valence-corrected chi connectivity index (χ0v) is 9.82. The van der Waals surface area contributed by atoms with Gasteiger partial charge in [0.2, 0.25) is 0 Å². The number of hydrogen-bond donors (Lipinski definition) is 3. The molecule has 5 nitrogen and oxygen atoms in total. The van der Waals surface area contributed by atoms with Crippen molar-refractivity contribution in [2.45, 2.75) is 6.04 Å². The summed E-state index contributed by atoms with van der Waals surface area (Å²) in [6, 6.07) is 2.44. The molecule has 0 saturated heterocycles. The molecule has 1 atom stereocenters. The van der Waals surface area contributed by atoms with Crippen molar-refractivity contribution in [1.82, 2.24) is 4.98 Å². The zero-order chi connectivity index (χ0) is 13.3. The molecule has 0 aliphatic carbocycles. The highest BCUT2D eigenvalue weighted by Gasteiger charge is 2.19. The minimum absolute atomic E-state index is 0.176. The third kappa shape index (κ3) is 2.31. The lowest BCUT2D eigenvalue weighted by atomic mass is 10.2. The van der Waals surface area contributed by atoms with Gasteiger partial charge in [0.15, 0.2) is 0 Å². The Morgan fingerprint density at radius 1 is 1.50 bits per heavy atom. The summed E-state index contributed by atoms with van der Waals surface area (Å²) >= 11 is 1.09. The number of hydrogen-bond acceptors (Lipinski definition) is 5. The minimum Gasteiger partial charge on any atom is -0.508 e. The molecule has 0 fully saturated rings. The van der Waals surface area contributed by atoms with Gasteiger partial charge in [0.05, 0.1) is 5.69 Å². The summed E-state index contributed by atoms with van der Waals surface area (Å²) in [5.41, 5.74) is 5.77. The number of benzene rings is 1. The fraction of sp³-hybridized carbons (Fsp3) is 0.0909. The summed E-state index contributed by atoms with van der Waals surface area (Å²) in [4.78, 5) is 14.7. The van der Waals surface area contributed by atoms with E-state index in [1.807, 2.05) is 0 Å². The molecule has 0 amide bonds. The van der Waals surface area contributed by atoms with E-state index in [2.05, 4.69) is 4.98 Å². The van der Waals surface area contributed by atoms with Gasteiger partial charge in [0, 0.05) is 17.0 Å². The van der Waals surface area contributed by atoms with Crippen molar-refractivity contribution in [3.05, 3.63) is 35.1 Å². The molecular formula is C11H9FN2O3S. The summed E-state index contributed by atoms with van der Waals surface area (Å²) in [6.45, 7) is 0. The smallest absolute Gasteiger partial charge is 0.326 e. The van der Waals surface area contributed by atoms with Crippen LogP contribution in [0.5, 0.6) is 5.75 Å². The Morgan fingerprint density at radius 2 is 2.22 bits per heavy atom. The molecule has 4 N–H and O–H groups in total. The third-order valence-electron chi connectivity index (χ3n) is 2.29. The molecule has 18 heavy (non-hydrogen) atoms. The highest BCUT2D eigenvalue weighted by Crippen LogP contribution is 2.29. The van der Waals surface area contributed by atoms with Gasteiger partial charge in [-0.2, -0.15) is 0 Å². The number of aromatic nitrogens is 1. The largest absolute Gasteiger partial charge is 0.508 e. The van der Waals surface area contributed by atoms with Crippen LogP contribution in [0.3, 0.4) is 0 Å². The number of aromatic hydroxyl groups is 1. The van der Waals surface area contributed by atoms with Gasteiger partial charge in [-0.25, -0.2) is 9.37 Å². The topological polar surface area (TPSA) is 96.4 Å². The van der Waals surface area contributed by atoms with Crippen LogP contribution in [0.15, 0.2) is 23.6 Å². The maximum atomic E-state index is 13.6. The van der Waals surface area contributed by atoms with Gasteiger partial charge >= 0.3 is 5.97 Å². The Hall–Kier alpha value is -1.99. The predicted octanol–water partition coefficient (Wildman–Crippen LogP) is 1.74. The van der Waals surface area contributed by atoms with Crippen LogP contribution < -0.4 is 5.73 Å².